The van der Waals surface area contributed by atoms with Crippen molar-refractivity contribution in [2.45, 2.75) is 17.4 Å². The molecule has 2 aromatic rings. The minimum Gasteiger partial charge on any atom is -0.480 e. The Hall–Kier alpha value is -1.60. The fourth-order valence-corrected chi connectivity index (χ4v) is 4.01. The van der Waals surface area contributed by atoms with E-state index in [1.54, 1.807) is 30.3 Å². The smallest absolute Gasteiger partial charge is 0.322 e. The van der Waals surface area contributed by atoms with Crippen LogP contribution in [0.25, 0.3) is 0 Å². The van der Waals surface area contributed by atoms with Crippen LogP contribution in [0.3, 0.4) is 0 Å². The van der Waals surface area contributed by atoms with Gasteiger partial charge in [-0.3, -0.25) is 4.79 Å². The number of rotatable bonds is 6. The van der Waals surface area contributed by atoms with E-state index in [1.807, 2.05) is 0 Å². The lowest BCUT2D eigenvalue weighted by Gasteiger charge is -2.24. The Morgan fingerprint density at radius 2 is 1.79 bits per heavy atom. The second kappa shape index (κ2) is 7.53. The zero-order valence-corrected chi connectivity index (χ0v) is 15.0. The Balaban J connectivity index is 2.35. The zero-order valence-electron chi connectivity index (χ0n) is 12.7. The summed E-state index contributed by atoms with van der Waals surface area (Å²) in [6.07, 6.45) is -0.0755. The van der Waals surface area contributed by atoms with Gasteiger partial charge in [0.25, 0.3) is 0 Å². The Bertz CT molecular complexity index is 840. The molecule has 0 bridgehead atoms. The molecule has 0 fully saturated rings. The molecule has 0 aromatic heterocycles. The van der Waals surface area contributed by atoms with E-state index in [2.05, 4.69) is 0 Å². The first-order chi connectivity index (χ1) is 11.2. The summed E-state index contributed by atoms with van der Waals surface area (Å²) in [5, 5.41) is 10.2. The Labute approximate surface area is 150 Å². The summed E-state index contributed by atoms with van der Waals surface area (Å²) in [6.45, 7) is 0. The molecule has 0 heterocycles. The number of carboxylic acids is 1. The fourth-order valence-electron chi connectivity index (χ4n) is 2.19. The molecule has 0 aliphatic rings. The zero-order chi connectivity index (χ0) is 17.9. The number of hydrogen-bond acceptors (Lipinski definition) is 3. The summed E-state index contributed by atoms with van der Waals surface area (Å²) in [5.74, 6) is -1.26. The molecular weight excluding hydrogens is 373 g/mol. The highest BCUT2D eigenvalue weighted by molar-refractivity contribution is 7.89. The SMILES string of the molecule is CN([C@@H](Cc1ccc(Cl)cc1Cl)C(=O)O)S(=O)(=O)c1ccccc1. The summed E-state index contributed by atoms with van der Waals surface area (Å²) >= 11 is 11.9. The Kier molecular flexibility index (Phi) is 5.87. The number of halogens is 2. The van der Waals surface area contributed by atoms with Crippen molar-refractivity contribution in [2.75, 3.05) is 7.05 Å². The summed E-state index contributed by atoms with van der Waals surface area (Å²) in [5.41, 5.74) is 0.503. The number of nitrogens with zero attached hydrogens (tertiary/aromatic N) is 1. The van der Waals surface area contributed by atoms with Gasteiger partial charge in [-0.2, -0.15) is 4.31 Å². The van der Waals surface area contributed by atoms with Crippen LogP contribution >= 0.6 is 23.2 Å². The first kappa shape index (κ1) is 18.7. The van der Waals surface area contributed by atoms with Crippen molar-refractivity contribution in [1.82, 2.24) is 4.31 Å². The average Bonchev–Trinajstić information content (AvgIpc) is 2.54. The Morgan fingerprint density at radius 3 is 2.33 bits per heavy atom. The van der Waals surface area contributed by atoms with E-state index in [0.717, 1.165) is 4.31 Å². The van der Waals surface area contributed by atoms with Crippen LogP contribution in [-0.4, -0.2) is 36.9 Å². The molecule has 8 heteroatoms. The number of carbonyl (C=O) groups is 1. The molecule has 2 aromatic carbocycles. The van der Waals surface area contributed by atoms with Gasteiger partial charge in [-0.05, 0) is 29.8 Å². The van der Waals surface area contributed by atoms with E-state index in [9.17, 15) is 18.3 Å². The van der Waals surface area contributed by atoms with Gasteiger partial charge in [0.15, 0.2) is 0 Å². The lowest BCUT2D eigenvalue weighted by Crippen LogP contribution is -2.43. The van der Waals surface area contributed by atoms with Crippen LogP contribution in [0.15, 0.2) is 53.4 Å². The molecule has 2 rings (SSSR count). The van der Waals surface area contributed by atoms with Gasteiger partial charge in [0.05, 0.1) is 4.90 Å². The normalized spacial score (nSPS) is 13.0. The second-order valence-electron chi connectivity index (χ2n) is 5.13. The van der Waals surface area contributed by atoms with Crippen LogP contribution in [0.4, 0.5) is 0 Å². The summed E-state index contributed by atoms with van der Waals surface area (Å²) < 4.78 is 26.1. The van der Waals surface area contributed by atoms with Gasteiger partial charge < -0.3 is 5.11 Å². The van der Waals surface area contributed by atoms with E-state index in [4.69, 9.17) is 23.2 Å². The molecule has 0 aliphatic carbocycles. The molecule has 128 valence electrons. The van der Waals surface area contributed by atoms with Crippen LogP contribution < -0.4 is 0 Å². The number of aliphatic carboxylic acids is 1. The second-order valence-corrected chi connectivity index (χ2v) is 7.97. The first-order valence-electron chi connectivity index (χ1n) is 6.93. The topological polar surface area (TPSA) is 74.7 Å². The molecule has 0 radical (unpaired) electrons. The van der Waals surface area contributed by atoms with Gasteiger partial charge in [-0.25, -0.2) is 8.42 Å². The van der Waals surface area contributed by atoms with Crippen LogP contribution in [-0.2, 0) is 21.2 Å². The van der Waals surface area contributed by atoms with Crippen molar-refractivity contribution >= 4 is 39.2 Å². The first-order valence-corrected chi connectivity index (χ1v) is 9.13. The van der Waals surface area contributed by atoms with Gasteiger partial charge in [0.2, 0.25) is 10.0 Å². The van der Waals surface area contributed by atoms with Gasteiger partial charge in [-0.15, -0.1) is 0 Å². The molecule has 5 nitrogen and oxygen atoms in total. The van der Waals surface area contributed by atoms with Gasteiger partial charge in [0.1, 0.15) is 6.04 Å². The standard InChI is InChI=1S/C16H15Cl2NO4S/c1-19(24(22,23)13-5-3-2-4-6-13)15(16(20)21)9-11-7-8-12(17)10-14(11)18/h2-8,10,15H,9H2,1H3,(H,20,21)/t15-/m0/s1. The predicted molar refractivity (Wildman–Crippen MR) is 93.0 cm³/mol. The molecular formula is C16H15Cl2NO4S. The highest BCUT2D eigenvalue weighted by atomic mass is 35.5. The van der Waals surface area contributed by atoms with Gasteiger partial charge in [-0.1, -0.05) is 47.5 Å². The largest absolute Gasteiger partial charge is 0.480 e. The van der Waals surface area contributed by atoms with E-state index >= 15 is 0 Å². The highest BCUT2D eigenvalue weighted by Crippen LogP contribution is 2.25. The van der Waals surface area contributed by atoms with E-state index in [-0.39, 0.29) is 11.3 Å². The minimum absolute atomic E-state index is 0.0287. The van der Waals surface area contributed by atoms with Crippen LogP contribution in [0.5, 0.6) is 0 Å². The summed E-state index contributed by atoms with van der Waals surface area (Å²) in [6, 6.07) is 11.0. The molecule has 0 unspecified atom stereocenters. The quantitative estimate of drug-likeness (QED) is 0.824. The summed E-state index contributed by atoms with van der Waals surface area (Å²) in [7, 11) is -2.70. The number of likely N-dealkylation sites (N-methyl/N-ethyl adjacent to an activating group) is 1. The predicted octanol–water partition coefficient (Wildman–Crippen LogP) is 3.31. The molecule has 1 N–H and O–H groups in total. The van der Waals surface area contributed by atoms with E-state index in [0.29, 0.717) is 15.6 Å². The third kappa shape index (κ3) is 4.08. The number of carboxylic acid groups (broad SMARTS) is 1. The lowest BCUT2D eigenvalue weighted by atomic mass is 10.1. The van der Waals surface area contributed by atoms with Crippen molar-refractivity contribution in [2.24, 2.45) is 0 Å². The van der Waals surface area contributed by atoms with Crippen molar-refractivity contribution in [3.63, 3.8) is 0 Å². The van der Waals surface area contributed by atoms with Crippen LogP contribution in [0, 0.1) is 0 Å². The van der Waals surface area contributed by atoms with Gasteiger partial charge in [0, 0.05) is 23.5 Å². The van der Waals surface area contributed by atoms with Crippen LogP contribution in [0.1, 0.15) is 5.56 Å². The van der Waals surface area contributed by atoms with Crippen molar-refractivity contribution in [3.8, 4) is 0 Å². The molecule has 0 spiro atoms. The minimum atomic E-state index is -3.94. The van der Waals surface area contributed by atoms with Crippen molar-refractivity contribution in [1.29, 1.82) is 0 Å². The van der Waals surface area contributed by atoms with Gasteiger partial charge >= 0.3 is 5.97 Å². The molecule has 24 heavy (non-hydrogen) atoms. The van der Waals surface area contributed by atoms with Crippen molar-refractivity contribution in [3.05, 3.63) is 64.1 Å². The summed E-state index contributed by atoms with van der Waals surface area (Å²) in [4.78, 5) is 11.7. The average molecular weight is 388 g/mol. The monoisotopic (exact) mass is 387 g/mol. The maximum absolute atomic E-state index is 12.6. The number of sulfonamides is 1. The fraction of sp³-hybridized carbons (Fsp3) is 0.188. The van der Waals surface area contributed by atoms with Crippen molar-refractivity contribution < 1.29 is 18.3 Å². The molecule has 0 saturated heterocycles. The maximum atomic E-state index is 12.6. The van der Waals surface area contributed by atoms with E-state index < -0.39 is 22.0 Å². The molecule has 0 saturated carbocycles. The molecule has 0 amide bonds. The third-order valence-corrected chi connectivity index (χ3v) is 6.04. The lowest BCUT2D eigenvalue weighted by molar-refractivity contribution is -0.141. The number of hydrogen-bond donors (Lipinski definition) is 1. The highest BCUT2D eigenvalue weighted by Gasteiger charge is 2.33. The van der Waals surface area contributed by atoms with E-state index in [1.165, 1.54) is 25.2 Å². The Morgan fingerprint density at radius 1 is 1.17 bits per heavy atom. The third-order valence-electron chi connectivity index (χ3n) is 3.57. The number of benzene rings is 2. The maximum Gasteiger partial charge on any atom is 0.322 e. The molecule has 0 aliphatic heterocycles. The van der Waals surface area contributed by atoms with Crippen LogP contribution in [0.2, 0.25) is 10.0 Å². The molecule has 1 atom stereocenters.